The van der Waals surface area contributed by atoms with Gasteiger partial charge in [0.25, 0.3) is 0 Å². The van der Waals surface area contributed by atoms with Crippen LogP contribution in [0.2, 0.25) is 0 Å². The van der Waals surface area contributed by atoms with Gasteiger partial charge in [-0.05, 0) is 19.3 Å². The van der Waals surface area contributed by atoms with E-state index >= 15 is 0 Å². The molecule has 1 amide bonds. The van der Waals surface area contributed by atoms with Gasteiger partial charge >= 0.3 is 0 Å². The fourth-order valence-electron chi connectivity index (χ4n) is 1.50. The minimum Gasteiger partial charge on any atom is -0.492 e. The largest absolute Gasteiger partial charge is 0.492 e. The van der Waals surface area contributed by atoms with Crippen LogP contribution < -0.4 is 0 Å². The Kier molecular flexibility index (Phi) is 5.34. The number of piperidine rings is 1. The first kappa shape index (κ1) is 10.9. The third-order valence-corrected chi connectivity index (χ3v) is 2.55. The quantitative estimate of drug-likeness (QED) is 0.443. The second kappa shape index (κ2) is 6.34. The number of halogens is 1. The number of hydrogen-bond acceptors (Lipinski definition) is 2. The molecule has 0 spiro atoms. The molecule has 1 aliphatic heterocycles. The zero-order chi connectivity index (χ0) is 9.52. The van der Waals surface area contributed by atoms with Crippen molar-refractivity contribution in [3.8, 4) is 0 Å². The van der Waals surface area contributed by atoms with Crippen molar-refractivity contribution in [3.05, 3.63) is 0 Å². The smallest absolute Gasteiger partial charge is 0.224 e. The molecule has 1 fully saturated rings. The molecule has 0 aromatic rings. The van der Waals surface area contributed by atoms with Crippen molar-refractivity contribution in [2.75, 3.05) is 19.6 Å². The minimum atomic E-state index is 0.245. The van der Waals surface area contributed by atoms with E-state index in [0.717, 1.165) is 25.9 Å². The molecule has 1 aliphatic rings. The summed E-state index contributed by atoms with van der Waals surface area (Å²) in [5, 5.41) is 0. The molecule has 0 bridgehead atoms. The highest BCUT2D eigenvalue weighted by molar-refractivity contribution is 14.1. The van der Waals surface area contributed by atoms with Gasteiger partial charge in [-0.3, -0.25) is 27.4 Å². The lowest BCUT2D eigenvalue weighted by atomic mass is 10.1. The average Bonchev–Trinajstić information content (AvgIpc) is 2.19. The molecular formula is C9H14IN2O-. The van der Waals surface area contributed by atoms with E-state index in [2.05, 4.69) is 9.21 Å². The maximum Gasteiger partial charge on any atom is 0.224 e. The first-order valence-electron chi connectivity index (χ1n) is 4.64. The molecule has 13 heavy (non-hydrogen) atoms. The van der Waals surface area contributed by atoms with E-state index in [4.69, 9.17) is 0 Å². The SMILES string of the molecule is O=C(CCN=[C-]I)N1CCCCC1. The van der Waals surface area contributed by atoms with E-state index in [9.17, 15) is 4.79 Å². The molecule has 74 valence electrons. The molecule has 0 aliphatic carbocycles. The average molecular weight is 293 g/mol. The number of carbonyl (C=O) groups is 1. The van der Waals surface area contributed by atoms with Crippen molar-refractivity contribution in [1.29, 1.82) is 0 Å². The second-order valence-corrected chi connectivity index (χ2v) is 3.64. The van der Waals surface area contributed by atoms with Gasteiger partial charge < -0.3 is 14.1 Å². The first-order valence-corrected chi connectivity index (χ1v) is 5.72. The lowest BCUT2D eigenvalue weighted by molar-refractivity contribution is -0.131. The molecule has 1 rings (SSSR count). The summed E-state index contributed by atoms with van der Waals surface area (Å²) >= 11 is 1.95. The summed E-state index contributed by atoms with van der Waals surface area (Å²) in [5.74, 6) is 0.245. The van der Waals surface area contributed by atoms with Crippen LogP contribution >= 0.6 is 22.6 Å². The van der Waals surface area contributed by atoms with Gasteiger partial charge in [0.05, 0.1) is 0 Å². The highest BCUT2D eigenvalue weighted by atomic mass is 127. The maximum absolute atomic E-state index is 11.5. The monoisotopic (exact) mass is 293 g/mol. The van der Waals surface area contributed by atoms with Gasteiger partial charge in [0.15, 0.2) is 0 Å². The summed E-state index contributed by atoms with van der Waals surface area (Å²) in [6.07, 6.45) is 4.13. The summed E-state index contributed by atoms with van der Waals surface area (Å²) in [5.41, 5.74) is 0. The number of carbonyl (C=O) groups excluding carboxylic acids is 1. The van der Waals surface area contributed by atoms with Crippen LogP contribution in [-0.4, -0.2) is 34.7 Å². The van der Waals surface area contributed by atoms with Crippen LogP contribution in [0, 0.1) is 0 Å². The van der Waals surface area contributed by atoms with Crippen molar-refractivity contribution >= 4 is 32.7 Å². The van der Waals surface area contributed by atoms with Crippen molar-refractivity contribution < 1.29 is 4.79 Å². The fourth-order valence-corrected chi connectivity index (χ4v) is 1.74. The normalized spacial score (nSPS) is 18.1. The van der Waals surface area contributed by atoms with Gasteiger partial charge in [0.2, 0.25) is 5.91 Å². The lowest BCUT2D eigenvalue weighted by Crippen LogP contribution is -2.35. The molecule has 4 heteroatoms. The second-order valence-electron chi connectivity index (χ2n) is 3.16. The van der Waals surface area contributed by atoms with Crippen LogP contribution in [0.15, 0.2) is 4.99 Å². The number of likely N-dealkylation sites (tertiary alicyclic amines) is 1. The Labute approximate surface area is 92.7 Å². The predicted octanol–water partition coefficient (Wildman–Crippen LogP) is 1.73. The number of rotatable bonds is 3. The lowest BCUT2D eigenvalue weighted by Gasteiger charge is -2.26. The Morgan fingerprint density at radius 1 is 1.38 bits per heavy atom. The zero-order valence-electron chi connectivity index (χ0n) is 7.63. The number of hydrogen-bond donors (Lipinski definition) is 0. The molecule has 1 heterocycles. The highest BCUT2D eigenvalue weighted by Crippen LogP contribution is 2.09. The van der Waals surface area contributed by atoms with Crippen LogP contribution in [0.1, 0.15) is 25.7 Å². The van der Waals surface area contributed by atoms with E-state index < -0.39 is 0 Å². The Hall–Kier alpha value is -0.130. The van der Waals surface area contributed by atoms with Crippen LogP contribution in [0.3, 0.4) is 0 Å². The zero-order valence-corrected chi connectivity index (χ0v) is 9.79. The molecule has 3 nitrogen and oxygen atoms in total. The summed E-state index contributed by atoms with van der Waals surface area (Å²) in [6.45, 7) is 2.46. The van der Waals surface area contributed by atoms with E-state index in [1.165, 1.54) is 6.42 Å². The van der Waals surface area contributed by atoms with Crippen molar-refractivity contribution in [2.24, 2.45) is 4.99 Å². The summed E-state index contributed by atoms with van der Waals surface area (Å²) in [7, 11) is 0. The van der Waals surface area contributed by atoms with Gasteiger partial charge in [0.1, 0.15) is 0 Å². The minimum absolute atomic E-state index is 0.245. The third kappa shape index (κ3) is 4.06. The van der Waals surface area contributed by atoms with Crippen molar-refractivity contribution in [1.82, 2.24) is 4.90 Å². The summed E-state index contributed by atoms with van der Waals surface area (Å²) in [4.78, 5) is 17.4. The molecule has 1 saturated heterocycles. The standard InChI is InChI=1S/C9H14IN2O/c10-8-11-5-4-9(13)12-6-2-1-3-7-12/h1-7H2/q-1. The van der Waals surface area contributed by atoms with E-state index in [-0.39, 0.29) is 5.91 Å². The van der Waals surface area contributed by atoms with E-state index in [1.54, 1.807) is 0 Å². The summed E-state index contributed by atoms with van der Waals surface area (Å²) < 4.78 is 2.65. The molecule has 0 N–H and O–H groups in total. The number of nitrogens with zero attached hydrogens (tertiary/aromatic N) is 2. The molecule has 0 atom stereocenters. The van der Waals surface area contributed by atoms with Crippen molar-refractivity contribution in [2.45, 2.75) is 25.7 Å². The van der Waals surface area contributed by atoms with Crippen LogP contribution in [-0.2, 0) is 4.79 Å². The first-order chi connectivity index (χ1) is 6.34. The summed E-state index contributed by atoms with van der Waals surface area (Å²) in [6, 6.07) is 0. The van der Waals surface area contributed by atoms with Crippen LogP contribution in [0.25, 0.3) is 0 Å². The van der Waals surface area contributed by atoms with E-state index in [1.807, 2.05) is 27.5 Å². The predicted molar refractivity (Wildman–Crippen MR) is 61.4 cm³/mol. The third-order valence-electron chi connectivity index (χ3n) is 2.21. The Balaban J connectivity index is 2.21. The maximum atomic E-state index is 11.5. The highest BCUT2D eigenvalue weighted by Gasteiger charge is 2.14. The molecule has 0 saturated carbocycles. The van der Waals surface area contributed by atoms with Gasteiger partial charge in [-0.1, -0.05) is 0 Å². The Morgan fingerprint density at radius 3 is 2.69 bits per heavy atom. The Bertz CT molecular complexity index is 188. The molecule has 0 aromatic heterocycles. The van der Waals surface area contributed by atoms with Gasteiger partial charge in [-0.2, -0.15) is 0 Å². The van der Waals surface area contributed by atoms with E-state index in [0.29, 0.717) is 13.0 Å². The van der Waals surface area contributed by atoms with Gasteiger partial charge in [-0.25, -0.2) is 0 Å². The fraction of sp³-hybridized carbons (Fsp3) is 0.778. The number of amides is 1. The molecular weight excluding hydrogens is 279 g/mol. The van der Waals surface area contributed by atoms with Crippen LogP contribution in [0.4, 0.5) is 0 Å². The Morgan fingerprint density at radius 2 is 2.08 bits per heavy atom. The number of aliphatic imine (C=N–C) groups is 1. The van der Waals surface area contributed by atoms with Crippen LogP contribution in [0.5, 0.6) is 0 Å². The molecule has 0 aromatic carbocycles. The molecule has 0 radical (unpaired) electrons. The molecule has 0 unspecified atom stereocenters. The van der Waals surface area contributed by atoms with Gasteiger partial charge in [0, 0.05) is 26.1 Å². The van der Waals surface area contributed by atoms with Gasteiger partial charge in [-0.15, -0.1) is 0 Å². The topological polar surface area (TPSA) is 32.7 Å². The van der Waals surface area contributed by atoms with Crippen molar-refractivity contribution in [3.63, 3.8) is 0 Å².